The Balaban J connectivity index is 1.67. The maximum absolute atomic E-state index is 13.5. The van der Waals surface area contributed by atoms with Gasteiger partial charge in [-0.15, -0.1) is 11.8 Å². The predicted molar refractivity (Wildman–Crippen MR) is 76.8 cm³/mol. The van der Waals surface area contributed by atoms with E-state index in [-0.39, 0.29) is 17.1 Å². The van der Waals surface area contributed by atoms with Gasteiger partial charge in [-0.1, -0.05) is 12.8 Å². The third-order valence-corrected chi connectivity index (χ3v) is 5.50. The SMILES string of the molecule is Nc1ccc(SC2CCOC3(CCCC3)C2)cc1F. The van der Waals surface area contributed by atoms with Crippen molar-refractivity contribution in [3.05, 3.63) is 24.0 Å². The number of halogens is 1. The van der Waals surface area contributed by atoms with Crippen LogP contribution in [0.5, 0.6) is 0 Å². The predicted octanol–water partition coefficient (Wildman–Crippen LogP) is 3.99. The van der Waals surface area contributed by atoms with Crippen molar-refractivity contribution in [2.45, 2.75) is 54.3 Å². The summed E-state index contributed by atoms with van der Waals surface area (Å²) in [6, 6.07) is 5.12. The Hall–Kier alpha value is -0.740. The van der Waals surface area contributed by atoms with Crippen LogP contribution >= 0.6 is 11.8 Å². The molecule has 2 nitrogen and oxygen atoms in total. The first-order valence-electron chi connectivity index (χ1n) is 7.03. The number of nitrogen functional groups attached to an aromatic ring is 1. The number of benzene rings is 1. The van der Waals surface area contributed by atoms with Gasteiger partial charge in [0.25, 0.3) is 0 Å². The van der Waals surface area contributed by atoms with E-state index in [1.165, 1.54) is 25.7 Å². The van der Waals surface area contributed by atoms with E-state index in [2.05, 4.69) is 0 Å². The second-order valence-corrected chi connectivity index (χ2v) is 7.03. The molecular formula is C15H20FNOS. The highest BCUT2D eigenvalue weighted by Crippen LogP contribution is 2.44. The van der Waals surface area contributed by atoms with E-state index in [0.717, 1.165) is 24.3 Å². The van der Waals surface area contributed by atoms with Gasteiger partial charge in [0.05, 0.1) is 11.3 Å². The molecule has 0 radical (unpaired) electrons. The Morgan fingerprint density at radius 1 is 1.32 bits per heavy atom. The summed E-state index contributed by atoms with van der Waals surface area (Å²) in [4.78, 5) is 0.978. The van der Waals surface area contributed by atoms with Gasteiger partial charge in [0.15, 0.2) is 0 Å². The molecule has 0 bridgehead atoms. The summed E-state index contributed by atoms with van der Waals surface area (Å²) in [6.45, 7) is 0.842. The van der Waals surface area contributed by atoms with Crippen LogP contribution in [0.2, 0.25) is 0 Å². The summed E-state index contributed by atoms with van der Waals surface area (Å²) in [7, 11) is 0. The quantitative estimate of drug-likeness (QED) is 0.832. The van der Waals surface area contributed by atoms with E-state index in [4.69, 9.17) is 10.5 Å². The number of nitrogens with two attached hydrogens (primary N) is 1. The average molecular weight is 281 g/mol. The van der Waals surface area contributed by atoms with Gasteiger partial charge in [-0.05, 0) is 43.9 Å². The number of anilines is 1. The minimum atomic E-state index is -0.312. The van der Waals surface area contributed by atoms with Crippen LogP contribution < -0.4 is 5.73 Å². The normalized spacial score (nSPS) is 25.8. The molecule has 2 fully saturated rings. The van der Waals surface area contributed by atoms with Crippen molar-refractivity contribution in [1.82, 2.24) is 0 Å². The first kappa shape index (κ1) is 13.3. The highest BCUT2D eigenvalue weighted by atomic mass is 32.2. The second kappa shape index (κ2) is 5.33. The van der Waals surface area contributed by atoms with E-state index in [1.54, 1.807) is 23.9 Å². The standard InChI is InChI=1S/C15H20FNOS/c16-13-9-11(3-4-14(13)17)19-12-5-8-18-15(10-12)6-1-2-7-15/h3-4,9,12H,1-2,5-8,10,17H2. The van der Waals surface area contributed by atoms with E-state index in [9.17, 15) is 4.39 Å². The number of hydrogen-bond donors (Lipinski definition) is 1. The number of rotatable bonds is 2. The summed E-state index contributed by atoms with van der Waals surface area (Å²) in [5, 5.41) is 0.537. The van der Waals surface area contributed by atoms with Crippen LogP contribution in [0.4, 0.5) is 10.1 Å². The molecule has 1 aliphatic carbocycles. The Bertz CT molecular complexity index is 459. The Kier molecular flexibility index (Phi) is 3.72. The van der Waals surface area contributed by atoms with Gasteiger partial charge < -0.3 is 10.5 Å². The molecule has 1 heterocycles. The largest absolute Gasteiger partial charge is 0.396 e. The number of ether oxygens (including phenoxy) is 1. The fraction of sp³-hybridized carbons (Fsp3) is 0.600. The van der Waals surface area contributed by atoms with Gasteiger partial charge >= 0.3 is 0 Å². The first-order valence-corrected chi connectivity index (χ1v) is 7.91. The lowest BCUT2D eigenvalue weighted by molar-refractivity contribution is -0.0703. The highest BCUT2D eigenvalue weighted by Gasteiger charge is 2.40. The molecule has 1 saturated carbocycles. The summed E-state index contributed by atoms with van der Waals surface area (Å²) in [6.07, 6.45) is 7.12. The first-order chi connectivity index (χ1) is 9.17. The zero-order chi connectivity index (χ0) is 13.3. The Labute approximate surface area is 117 Å². The van der Waals surface area contributed by atoms with Crippen molar-refractivity contribution in [3.8, 4) is 0 Å². The van der Waals surface area contributed by atoms with Crippen LogP contribution in [0.15, 0.2) is 23.1 Å². The van der Waals surface area contributed by atoms with Gasteiger partial charge in [-0.3, -0.25) is 0 Å². The molecule has 1 aromatic carbocycles. The number of thioether (sulfide) groups is 1. The molecule has 2 aliphatic rings. The van der Waals surface area contributed by atoms with E-state index >= 15 is 0 Å². The van der Waals surface area contributed by atoms with E-state index in [1.807, 2.05) is 6.07 Å². The molecule has 2 N–H and O–H groups in total. The molecule has 1 spiro atoms. The van der Waals surface area contributed by atoms with Crippen molar-refractivity contribution in [3.63, 3.8) is 0 Å². The van der Waals surface area contributed by atoms with Crippen LogP contribution in [-0.4, -0.2) is 17.5 Å². The number of hydrogen-bond acceptors (Lipinski definition) is 3. The maximum Gasteiger partial charge on any atom is 0.147 e. The lowest BCUT2D eigenvalue weighted by Gasteiger charge is -2.38. The fourth-order valence-electron chi connectivity index (χ4n) is 3.22. The smallest absolute Gasteiger partial charge is 0.147 e. The third kappa shape index (κ3) is 2.90. The van der Waals surface area contributed by atoms with E-state index in [0.29, 0.717) is 5.25 Å². The molecule has 0 aromatic heterocycles. The molecule has 1 saturated heterocycles. The monoisotopic (exact) mass is 281 g/mol. The zero-order valence-electron chi connectivity index (χ0n) is 11.0. The van der Waals surface area contributed by atoms with Gasteiger partial charge in [-0.2, -0.15) is 0 Å². The summed E-state index contributed by atoms with van der Waals surface area (Å²) < 4.78 is 19.5. The van der Waals surface area contributed by atoms with Gasteiger partial charge in [0, 0.05) is 16.8 Å². The summed E-state index contributed by atoms with van der Waals surface area (Å²) in [5.74, 6) is -0.312. The maximum atomic E-state index is 13.5. The third-order valence-electron chi connectivity index (χ3n) is 4.24. The molecular weight excluding hydrogens is 261 g/mol. The summed E-state index contributed by atoms with van der Waals surface area (Å²) >= 11 is 1.77. The lowest BCUT2D eigenvalue weighted by Crippen LogP contribution is -2.38. The molecule has 1 atom stereocenters. The van der Waals surface area contributed by atoms with Crippen molar-refractivity contribution in [2.75, 3.05) is 12.3 Å². The molecule has 0 amide bonds. The second-order valence-electron chi connectivity index (χ2n) is 5.65. The van der Waals surface area contributed by atoms with Crippen LogP contribution in [0.25, 0.3) is 0 Å². The van der Waals surface area contributed by atoms with Crippen molar-refractivity contribution < 1.29 is 9.13 Å². The minimum absolute atomic E-state index is 0.127. The average Bonchev–Trinajstić information content (AvgIpc) is 2.82. The molecule has 104 valence electrons. The van der Waals surface area contributed by atoms with Crippen LogP contribution in [0.1, 0.15) is 38.5 Å². The van der Waals surface area contributed by atoms with Crippen LogP contribution in [-0.2, 0) is 4.74 Å². The van der Waals surface area contributed by atoms with Crippen molar-refractivity contribution in [1.29, 1.82) is 0 Å². The molecule has 3 rings (SSSR count). The van der Waals surface area contributed by atoms with Gasteiger partial charge in [-0.25, -0.2) is 4.39 Å². The molecule has 1 aliphatic heterocycles. The molecule has 19 heavy (non-hydrogen) atoms. The Morgan fingerprint density at radius 2 is 2.11 bits per heavy atom. The van der Waals surface area contributed by atoms with Crippen molar-refractivity contribution in [2.24, 2.45) is 0 Å². The molecule has 4 heteroatoms. The van der Waals surface area contributed by atoms with Crippen LogP contribution in [0.3, 0.4) is 0 Å². The van der Waals surface area contributed by atoms with Crippen molar-refractivity contribution >= 4 is 17.4 Å². The minimum Gasteiger partial charge on any atom is -0.396 e. The molecule has 1 unspecified atom stereocenters. The zero-order valence-corrected chi connectivity index (χ0v) is 11.8. The molecule has 1 aromatic rings. The highest BCUT2D eigenvalue weighted by molar-refractivity contribution is 8.00. The Morgan fingerprint density at radius 3 is 2.84 bits per heavy atom. The van der Waals surface area contributed by atoms with Gasteiger partial charge in [0.2, 0.25) is 0 Å². The topological polar surface area (TPSA) is 35.2 Å². The van der Waals surface area contributed by atoms with Gasteiger partial charge in [0.1, 0.15) is 5.82 Å². The summed E-state index contributed by atoms with van der Waals surface area (Å²) in [5.41, 5.74) is 5.86. The lowest BCUT2D eigenvalue weighted by atomic mass is 9.92. The fourth-order valence-corrected chi connectivity index (χ4v) is 4.53. The van der Waals surface area contributed by atoms with E-state index < -0.39 is 0 Å². The van der Waals surface area contributed by atoms with Crippen LogP contribution in [0, 0.1) is 5.82 Å².